The van der Waals surface area contributed by atoms with Gasteiger partial charge < -0.3 is 18.9 Å². The first-order chi connectivity index (χ1) is 48.1. The Bertz CT molecular complexity index is 4060. The van der Waals surface area contributed by atoms with Crippen LogP contribution in [0.3, 0.4) is 0 Å². The zero-order valence-electron chi connectivity index (χ0n) is 61.6. The van der Waals surface area contributed by atoms with Crippen molar-refractivity contribution in [2.24, 2.45) is 11.8 Å². The minimum atomic E-state index is -0.248. The van der Waals surface area contributed by atoms with E-state index in [4.69, 9.17) is 18.9 Å². The second-order valence-corrected chi connectivity index (χ2v) is 29.8. The van der Waals surface area contributed by atoms with Crippen LogP contribution in [0.5, 0.6) is 23.0 Å². The molecule has 10 nitrogen and oxygen atoms in total. The maximum atomic E-state index is 16.2. The molecule has 0 radical (unpaired) electrons. The molecule has 0 amide bonds. The van der Waals surface area contributed by atoms with Gasteiger partial charge in [-0.05, 0) is 176 Å². The number of fused-ring (bicyclic) bond motifs is 6. The Morgan fingerprint density at radius 3 is 0.694 bits per heavy atom. The Hall–Kier alpha value is -6.68. The van der Waals surface area contributed by atoms with Crippen LogP contribution in [-0.4, -0.2) is 35.6 Å². The van der Waals surface area contributed by atoms with Crippen molar-refractivity contribution in [3.63, 3.8) is 0 Å². The van der Waals surface area contributed by atoms with Gasteiger partial charge in [0.05, 0.1) is 26.4 Å². The fraction of sp³-hybridized carbons (Fsp3) is 0.591. The monoisotopic (exact) mass is 1330 g/mol. The molecule has 0 bridgehead atoms. The molecule has 2 heterocycles. The van der Waals surface area contributed by atoms with Crippen LogP contribution >= 0.6 is 0 Å². The molecule has 2 aromatic heterocycles. The van der Waals surface area contributed by atoms with Gasteiger partial charge in [-0.25, -0.2) is 0 Å². The number of nitrogens with zero attached hydrogens (tertiary/aromatic N) is 2. The van der Waals surface area contributed by atoms with Crippen molar-refractivity contribution < 1.29 is 18.9 Å². The van der Waals surface area contributed by atoms with E-state index in [9.17, 15) is 0 Å². The number of ether oxygens (including phenoxy) is 4. The van der Waals surface area contributed by atoms with Gasteiger partial charge in [0.1, 0.15) is 0 Å². The Balaban J connectivity index is 1.28. The number of unbranched alkanes of at least 4 members (excludes halogenated alkanes) is 24. The van der Waals surface area contributed by atoms with Crippen LogP contribution in [0.4, 0.5) is 0 Å². The smallest absolute Gasteiger partial charge is 0.261 e. The quantitative estimate of drug-likeness (QED) is 0.0210. The Morgan fingerprint density at radius 2 is 0.449 bits per heavy atom. The molecule has 10 heteroatoms. The SMILES string of the molecule is CCCCCCCCC(CCCCCC)Cn1c(=O)c2cc3c4cc(OCCCCC)c(OCCCCC)cc4c4cc5c(=O)n(CC(CCCCCC)CCCCCCCC)c(=O)c6cc7c8cc(OCCCCC)c(OCCCCC)cc8c8cc(c1=O)c2c1c3c4c(c56)c7c81. The zero-order valence-corrected chi connectivity index (χ0v) is 61.6. The van der Waals surface area contributed by atoms with Gasteiger partial charge in [0.2, 0.25) is 0 Å². The topological polar surface area (TPSA) is 115 Å². The standard InChI is InChI=1S/C88H118N2O8/c1-9-17-25-29-31-35-43-59(41-33-27-19-11-3)57-89-85(91)69-49-65-61-53-73(95-45-37-21-13-5)75(97-47-39-23-15-7)55-63(61)67-51-71-78-72(88(94)90(87(71)93)58-60(42-34-28-20-12-4)44-36-32-30-26-18-10-2)52-68-64-56-76(98-48-40-24-16-8)74(96-46-38-22-14-6)54-62(64)66-50-70(86(89)92)77(69)83-79(65)81(67)84(78)82(68)80(66)83/h49-56,59-60H,9-48,57-58H2,1-8H3. The summed E-state index contributed by atoms with van der Waals surface area (Å²) in [6, 6.07) is 17.0. The first-order valence-corrected chi connectivity index (χ1v) is 40.0. The summed E-state index contributed by atoms with van der Waals surface area (Å²) in [5.74, 6) is 2.94. The van der Waals surface area contributed by atoms with Crippen LogP contribution < -0.4 is 41.2 Å². The molecular weight excluding hydrogens is 1210 g/mol. The van der Waals surface area contributed by atoms with E-state index >= 15 is 19.2 Å². The summed E-state index contributed by atoms with van der Waals surface area (Å²) in [4.78, 5) is 64.9. The first-order valence-electron chi connectivity index (χ1n) is 40.0. The Labute approximate surface area is 583 Å². The molecule has 9 aromatic carbocycles. The zero-order chi connectivity index (χ0) is 68.7. The second-order valence-electron chi connectivity index (χ2n) is 29.8. The van der Waals surface area contributed by atoms with E-state index in [-0.39, 0.29) is 34.1 Å². The van der Waals surface area contributed by atoms with Crippen LogP contribution in [0.15, 0.2) is 67.7 Å². The molecule has 0 aliphatic carbocycles. The van der Waals surface area contributed by atoms with Crippen molar-refractivity contribution in [1.82, 2.24) is 9.13 Å². The van der Waals surface area contributed by atoms with Gasteiger partial charge in [-0.1, -0.05) is 235 Å². The van der Waals surface area contributed by atoms with Crippen LogP contribution in [0, 0.1) is 11.8 Å². The van der Waals surface area contributed by atoms with Crippen LogP contribution in [0.2, 0.25) is 0 Å². The first kappa shape index (κ1) is 72.6. The number of aromatic nitrogens is 2. The highest BCUT2D eigenvalue weighted by Crippen LogP contribution is 2.56. The van der Waals surface area contributed by atoms with E-state index in [1.165, 1.54) is 64.2 Å². The predicted octanol–water partition coefficient (Wildman–Crippen LogP) is 24.4. The Kier molecular flexibility index (Phi) is 26.0. The van der Waals surface area contributed by atoms with Crippen molar-refractivity contribution in [2.45, 2.75) is 300 Å². The van der Waals surface area contributed by atoms with Crippen molar-refractivity contribution >= 4 is 108 Å². The summed E-state index contributed by atoms with van der Waals surface area (Å²) in [5.41, 5.74) is -0.990. The summed E-state index contributed by atoms with van der Waals surface area (Å²) < 4.78 is 30.8. The molecule has 11 rings (SSSR count). The van der Waals surface area contributed by atoms with E-state index in [0.717, 1.165) is 242 Å². The maximum Gasteiger partial charge on any atom is 0.261 e. The number of benzene rings is 9. The molecule has 11 aromatic rings. The molecular formula is C88H118N2O8. The van der Waals surface area contributed by atoms with Crippen molar-refractivity contribution in [3.8, 4) is 23.0 Å². The molecule has 0 aliphatic rings. The fourth-order valence-electron chi connectivity index (χ4n) is 16.8. The molecule has 0 aliphatic heterocycles. The number of hydrogen-bond acceptors (Lipinski definition) is 8. The summed E-state index contributed by atoms with van der Waals surface area (Å²) in [5, 5.41) is 16.0. The number of pyridine rings is 2. The molecule has 0 saturated carbocycles. The number of hydrogen-bond donors (Lipinski definition) is 0. The van der Waals surface area contributed by atoms with E-state index in [0.29, 0.717) is 94.8 Å². The van der Waals surface area contributed by atoms with Gasteiger partial charge in [-0.3, -0.25) is 28.3 Å². The third kappa shape index (κ3) is 15.3. The highest BCUT2D eigenvalue weighted by Gasteiger charge is 2.33. The predicted molar refractivity (Wildman–Crippen MR) is 419 cm³/mol. The summed E-state index contributed by atoms with van der Waals surface area (Å²) in [6.45, 7) is 20.7. The van der Waals surface area contributed by atoms with E-state index < -0.39 is 0 Å². The van der Waals surface area contributed by atoms with Gasteiger partial charge in [0.25, 0.3) is 22.2 Å². The van der Waals surface area contributed by atoms with Crippen molar-refractivity contribution in [2.75, 3.05) is 26.4 Å². The molecule has 0 spiro atoms. The normalized spacial score (nSPS) is 13.1. The molecule has 2 unspecified atom stereocenters. The highest BCUT2D eigenvalue weighted by atomic mass is 16.5. The third-order valence-corrected chi connectivity index (χ3v) is 22.3. The molecule has 0 fully saturated rings. The second kappa shape index (κ2) is 35.1. The molecule has 0 saturated heterocycles. The lowest BCUT2D eigenvalue weighted by Gasteiger charge is -2.27. The van der Waals surface area contributed by atoms with Gasteiger partial charge in [0, 0.05) is 56.2 Å². The lowest BCUT2D eigenvalue weighted by molar-refractivity contribution is 0.260. The highest BCUT2D eigenvalue weighted by molar-refractivity contribution is 6.54. The minimum absolute atomic E-state index is 0.166. The lowest BCUT2D eigenvalue weighted by atomic mass is 9.77. The van der Waals surface area contributed by atoms with Crippen LogP contribution in [0.25, 0.3) is 108 Å². The van der Waals surface area contributed by atoms with Gasteiger partial charge in [-0.15, -0.1) is 0 Å². The average Bonchev–Trinajstić information content (AvgIpc) is 0.655. The van der Waals surface area contributed by atoms with E-state index in [1.54, 1.807) is 9.13 Å². The van der Waals surface area contributed by atoms with Crippen LogP contribution in [-0.2, 0) is 13.1 Å². The Morgan fingerprint density at radius 1 is 0.235 bits per heavy atom. The lowest BCUT2D eigenvalue weighted by Crippen LogP contribution is -2.36. The van der Waals surface area contributed by atoms with Crippen molar-refractivity contribution in [3.05, 3.63) is 89.9 Å². The van der Waals surface area contributed by atoms with E-state index in [2.05, 4.69) is 104 Å². The van der Waals surface area contributed by atoms with Gasteiger partial charge >= 0.3 is 0 Å². The van der Waals surface area contributed by atoms with E-state index in [1.807, 2.05) is 0 Å². The average molecular weight is 1330 g/mol. The molecule has 0 N–H and O–H groups in total. The largest absolute Gasteiger partial charge is 0.490 e. The molecule has 2 atom stereocenters. The fourth-order valence-corrected chi connectivity index (χ4v) is 16.8. The molecule has 528 valence electrons. The van der Waals surface area contributed by atoms with Crippen LogP contribution in [0.1, 0.15) is 287 Å². The van der Waals surface area contributed by atoms with Crippen molar-refractivity contribution in [1.29, 1.82) is 0 Å². The maximum absolute atomic E-state index is 16.2. The third-order valence-electron chi connectivity index (χ3n) is 22.3. The summed E-state index contributed by atoms with van der Waals surface area (Å²) >= 11 is 0. The molecule has 98 heavy (non-hydrogen) atoms. The summed E-state index contributed by atoms with van der Waals surface area (Å²) in [7, 11) is 0. The summed E-state index contributed by atoms with van der Waals surface area (Å²) in [6.07, 6.45) is 39.1. The number of rotatable bonds is 48. The van der Waals surface area contributed by atoms with Gasteiger partial charge in [-0.2, -0.15) is 0 Å². The van der Waals surface area contributed by atoms with Gasteiger partial charge in [0.15, 0.2) is 23.0 Å². The minimum Gasteiger partial charge on any atom is -0.490 e.